The first-order valence-corrected chi connectivity index (χ1v) is 11.7. The standard InChI is InChI=1S/C24H40N4O/c1-3-13-28-15-6-4-11-23(28)24(29)25-12-5-7-14-26-16-18-27(19-17-26)22-10-8-9-21(2)20-22/h8-10,20,23H,3-7,11-19H2,1-2H3,(H,25,29). The highest BCUT2D eigenvalue weighted by Gasteiger charge is 2.27. The molecule has 0 aromatic heterocycles. The lowest BCUT2D eigenvalue weighted by Gasteiger charge is -2.36. The summed E-state index contributed by atoms with van der Waals surface area (Å²) in [4.78, 5) is 20.0. The van der Waals surface area contributed by atoms with Crippen LogP contribution in [0.5, 0.6) is 0 Å². The van der Waals surface area contributed by atoms with Crippen molar-refractivity contribution in [3.63, 3.8) is 0 Å². The zero-order valence-corrected chi connectivity index (χ0v) is 18.5. The van der Waals surface area contributed by atoms with Crippen molar-refractivity contribution in [1.29, 1.82) is 0 Å². The van der Waals surface area contributed by atoms with Gasteiger partial charge in [0, 0.05) is 38.4 Å². The first-order valence-electron chi connectivity index (χ1n) is 11.7. The molecule has 0 bridgehead atoms. The fraction of sp³-hybridized carbons (Fsp3) is 0.708. The Hall–Kier alpha value is -1.59. The third kappa shape index (κ3) is 6.71. The van der Waals surface area contributed by atoms with Gasteiger partial charge >= 0.3 is 0 Å². The average molecular weight is 401 g/mol. The molecule has 1 N–H and O–H groups in total. The lowest BCUT2D eigenvalue weighted by molar-refractivity contribution is -0.127. The van der Waals surface area contributed by atoms with Gasteiger partial charge in [0.2, 0.25) is 5.91 Å². The topological polar surface area (TPSA) is 38.8 Å². The van der Waals surface area contributed by atoms with Crippen LogP contribution in [0.2, 0.25) is 0 Å². The maximum Gasteiger partial charge on any atom is 0.237 e. The minimum Gasteiger partial charge on any atom is -0.369 e. The number of nitrogens with one attached hydrogen (secondary N) is 1. The molecule has 1 atom stereocenters. The second-order valence-electron chi connectivity index (χ2n) is 8.71. The first kappa shape index (κ1) is 22.1. The molecule has 1 unspecified atom stereocenters. The van der Waals surface area contributed by atoms with Crippen LogP contribution >= 0.6 is 0 Å². The van der Waals surface area contributed by atoms with Crippen LogP contribution < -0.4 is 10.2 Å². The summed E-state index contributed by atoms with van der Waals surface area (Å²) in [6, 6.07) is 8.93. The van der Waals surface area contributed by atoms with Crippen LogP contribution in [-0.4, -0.2) is 74.1 Å². The summed E-state index contributed by atoms with van der Waals surface area (Å²) < 4.78 is 0. The Morgan fingerprint density at radius 1 is 1.07 bits per heavy atom. The van der Waals surface area contributed by atoms with E-state index in [1.807, 2.05) is 0 Å². The van der Waals surface area contributed by atoms with Gasteiger partial charge in [0.1, 0.15) is 0 Å². The van der Waals surface area contributed by atoms with Crippen LogP contribution in [0.1, 0.15) is 51.0 Å². The highest BCUT2D eigenvalue weighted by Crippen LogP contribution is 2.18. The maximum absolute atomic E-state index is 12.6. The van der Waals surface area contributed by atoms with Crippen LogP contribution in [0.4, 0.5) is 5.69 Å². The Morgan fingerprint density at radius 3 is 2.66 bits per heavy atom. The molecule has 3 rings (SSSR count). The predicted octanol–water partition coefficient (Wildman–Crippen LogP) is 3.28. The normalized spacial score (nSPS) is 21.3. The van der Waals surface area contributed by atoms with Gasteiger partial charge in [0.25, 0.3) is 0 Å². The molecular formula is C24H40N4O. The molecule has 162 valence electrons. The summed E-state index contributed by atoms with van der Waals surface area (Å²) in [5.41, 5.74) is 2.69. The molecule has 2 aliphatic rings. The van der Waals surface area contributed by atoms with Crippen molar-refractivity contribution in [1.82, 2.24) is 15.1 Å². The van der Waals surface area contributed by atoms with Gasteiger partial charge in [-0.15, -0.1) is 0 Å². The summed E-state index contributed by atoms with van der Waals surface area (Å²) in [6.45, 7) is 12.9. The molecule has 0 saturated carbocycles. The van der Waals surface area contributed by atoms with Crippen molar-refractivity contribution >= 4 is 11.6 Å². The number of aryl methyl sites for hydroxylation is 1. The number of benzene rings is 1. The second kappa shape index (κ2) is 11.6. The minimum atomic E-state index is 0.110. The molecule has 1 aromatic rings. The van der Waals surface area contributed by atoms with E-state index in [-0.39, 0.29) is 11.9 Å². The Kier molecular flexibility index (Phi) is 8.81. The van der Waals surface area contributed by atoms with Crippen LogP contribution in [-0.2, 0) is 4.79 Å². The van der Waals surface area contributed by atoms with E-state index in [0.29, 0.717) is 0 Å². The molecule has 5 nitrogen and oxygen atoms in total. The zero-order valence-electron chi connectivity index (χ0n) is 18.5. The molecule has 29 heavy (non-hydrogen) atoms. The van der Waals surface area contributed by atoms with Crippen LogP contribution in [0.3, 0.4) is 0 Å². The quantitative estimate of drug-likeness (QED) is 0.646. The molecule has 2 saturated heterocycles. The Labute approximate surface area is 177 Å². The number of rotatable bonds is 9. The van der Waals surface area contributed by atoms with Crippen molar-refractivity contribution in [2.24, 2.45) is 0 Å². The lowest BCUT2D eigenvalue weighted by Crippen LogP contribution is -2.49. The Bertz CT molecular complexity index is 625. The number of hydrogen-bond acceptors (Lipinski definition) is 4. The lowest BCUT2D eigenvalue weighted by atomic mass is 10.0. The van der Waals surface area contributed by atoms with Crippen molar-refractivity contribution in [3.05, 3.63) is 29.8 Å². The minimum absolute atomic E-state index is 0.110. The van der Waals surface area contributed by atoms with E-state index in [1.54, 1.807) is 0 Å². The van der Waals surface area contributed by atoms with Crippen molar-refractivity contribution < 1.29 is 4.79 Å². The summed E-state index contributed by atoms with van der Waals surface area (Å²) in [5, 5.41) is 3.20. The Morgan fingerprint density at radius 2 is 1.90 bits per heavy atom. The van der Waals surface area contributed by atoms with Crippen molar-refractivity contribution in [2.75, 3.05) is 57.3 Å². The van der Waals surface area contributed by atoms with Gasteiger partial charge in [0.15, 0.2) is 0 Å². The van der Waals surface area contributed by atoms with Gasteiger partial charge in [-0.1, -0.05) is 25.5 Å². The number of amides is 1. The summed E-state index contributed by atoms with van der Waals surface area (Å²) in [6.07, 6.45) is 6.81. The molecule has 0 radical (unpaired) electrons. The predicted molar refractivity (Wildman–Crippen MR) is 122 cm³/mol. The molecule has 1 amide bonds. The maximum atomic E-state index is 12.6. The number of nitrogens with zero attached hydrogens (tertiary/aromatic N) is 3. The smallest absolute Gasteiger partial charge is 0.237 e. The summed E-state index contributed by atoms with van der Waals surface area (Å²) >= 11 is 0. The average Bonchev–Trinajstić information content (AvgIpc) is 2.74. The molecule has 0 aliphatic carbocycles. The number of hydrogen-bond donors (Lipinski definition) is 1. The number of carbonyl (C=O) groups excluding carboxylic acids is 1. The van der Waals surface area contributed by atoms with Crippen LogP contribution in [0, 0.1) is 6.92 Å². The first-order chi connectivity index (χ1) is 14.2. The van der Waals surface area contributed by atoms with Gasteiger partial charge in [-0.3, -0.25) is 14.6 Å². The highest BCUT2D eigenvalue weighted by atomic mass is 16.2. The summed E-state index contributed by atoms with van der Waals surface area (Å²) in [7, 11) is 0. The third-order valence-electron chi connectivity index (χ3n) is 6.37. The molecule has 1 aromatic carbocycles. The van der Waals surface area contributed by atoms with Crippen molar-refractivity contribution in [2.45, 2.75) is 58.4 Å². The zero-order chi connectivity index (χ0) is 20.5. The molecule has 2 fully saturated rings. The van der Waals surface area contributed by atoms with E-state index < -0.39 is 0 Å². The van der Waals surface area contributed by atoms with Gasteiger partial charge in [-0.05, 0) is 76.4 Å². The number of unbranched alkanes of at least 4 members (excludes halogenated alkanes) is 1. The van der Waals surface area contributed by atoms with E-state index in [1.165, 1.54) is 24.1 Å². The SMILES string of the molecule is CCCN1CCCCC1C(=O)NCCCCN1CCN(c2cccc(C)c2)CC1. The number of anilines is 1. The largest absolute Gasteiger partial charge is 0.369 e. The fourth-order valence-electron chi connectivity index (χ4n) is 4.69. The highest BCUT2D eigenvalue weighted by molar-refractivity contribution is 5.81. The van der Waals surface area contributed by atoms with Crippen LogP contribution in [0.25, 0.3) is 0 Å². The monoisotopic (exact) mass is 400 g/mol. The van der Waals surface area contributed by atoms with E-state index in [9.17, 15) is 4.79 Å². The number of piperazine rings is 1. The number of likely N-dealkylation sites (tertiary alicyclic amines) is 1. The van der Waals surface area contributed by atoms with Gasteiger partial charge in [-0.2, -0.15) is 0 Å². The van der Waals surface area contributed by atoms with E-state index in [2.05, 4.69) is 58.1 Å². The van der Waals surface area contributed by atoms with Gasteiger partial charge in [-0.25, -0.2) is 0 Å². The van der Waals surface area contributed by atoms with E-state index >= 15 is 0 Å². The van der Waals surface area contributed by atoms with Crippen LogP contribution in [0.15, 0.2) is 24.3 Å². The molecule has 5 heteroatoms. The molecular weight excluding hydrogens is 360 g/mol. The second-order valence-corrected chi connectivity index (χ2v) is 8.71. The third-order valence-corrected chi connectivity index (χ3v) is 6.37. The molecule has 0 spiro atoms. The number of carbonyl (C=O) groups is 1. The van der Waals surface area contributed by atoms with E-state index in [4.69, 9.17) is 0 Å². The van der Waals surface area contributed by atoms with E-state index in [0.717, 1.165) is 78.0 Å². The Balaban J connectivity index is 1.29. The van der Waals surface area contributed by atoms with Gasteiger partial charge in [0.05, 0.1) is 6.04 Å². The number of piperidine rings is 1. The van der Waals surface area contributed by atoms with Gasteiger partial charge < -0.3 is 10.2 Å². The molecule has 2 heterocycles. The van der Waals surface area contributed by atoms with Crippen molar-refractivity contribution in [3.8, 4) is 0 Å². The summed E-state index contributed by atoms with van der Waals surface area (Å²) in [5.74, 6) is 0.255. The fourth-order valence-corrected chi connectivity index (χ4v) is 4.69. The molecule has 2 aliphatic heterocycles.